The van der Waals surface area contributed by atoms with Crippen LogP contribution in [0.5, 0.6) is 0 Å². The largest absolute Gasteiger partial charge is 0.329 e. The third-order valence-corrected chi connectivity index (χ3v) is 5.94. The first-order valence-electron chi connectivity index (χ1n) is 9.19. The molecule has 2 saturated heterocycles. The highest BCUT2D eigenvalue weighted by molar-refractivity contribution is 4.96. The molecule has 2 fully saturated rings. The van der Waals surface area contributed by atoms with Gasteiger partial charge < -0.3 is 10.6 Å². The van der Waals surface area contributed by atoms with Gasteiger partial charge in [0, 0.05) is 12.1 Å². The van der Waals surface area contributed by atoms with Crippen LogP contribution in [0.1, 0.15) is 65.7 Å². The molecule has 2 heterocycles. The lowest BCUT2D eigenvalue weighted by Crippen LogP contribution is -2.54. The van der Waals surface area contributed by atoms with E-state index in [4.69, 9.17) is 5.73 Å². The summed E-state index contributed by atoms with van der Waals surface area (Å²) in [4.78, 5) is 5.43. The van der Waals surface area contributed by atoms with Gasteiger partial charge in [0.25, 0.3) is 0 Å². The summed E-state index contributed by atoms with van der Waals surface area (Å²) in [6, 6.07) is 0. The van der Waals surface area contributed by atoms with E-state index in [2.05, 4.69) is 30.6 Å². The first kappa shape index (κ1) is 17.2. The topological polar surface area (TPSA) is 32.5 Å². The molecule has 2 rings (SSSR count). The molecule has 1 unspecified atom stereocenters. The predicted molar refractivity (Wildman–Crippen MR) is 91.6 cm³/mol. The molecule has 124 valence electrons. The average Bonchev–Trinajstić information content (AvgIpc) is 2.76. The summed E-state index contributed by atoms with van der Waals surface area (Å²) in [6.07, 6.45) is 9.19. The lowest BCUT2D eigenvalue weighted by molar-refractivity contribution is 0.0783. The number of hydrogen-bond donors (Lipinski definition) is 1. The third kappa shape index (κ3) is 4.43. The molecule has 2 aliphatic heterocycles. The summed E-state index contributed by atoms with van der Waals surface area (Å²) in [6.45, 7) is 14.3. The highest BCUT2D eigenvalue weighted by Crippen LogP contribution is 2.35. The van der Waals surface area contributed by atoms with E-state index in [1.807, 2.05) is 0 Å². The Morgan fingerprint density at radius 3 is 2.38 bits per heavy atom. The zero-order valence-corrected chi connectivity index (χ0v) is 14.7. The normalized spacial score (nSPS) is 32.6. The van der Waals surface area contributed by atoms with Crippen molar-refractivity contribution in [3.05, 3.63) is 0 Å². The second-order valence-corrected chi connectivity index (χ2v) is 8.13. The molecular formula is C18H37N3. The van der Waals surface area contributed by atoms with Gasteiger partial charge in [-0.25, -0.2) is 0 Å². The first-order valence-corrected chi connectivity index (χ1v) is 9.19. The van der Waals surface area contributed by atoms with Crippen LogP contribution in [0.4, 0.5) is 0 Å². The van der Waals surface area contributed by atoms with E-state index in [0.29, 0.717) is 5.41 Å². The Labute approximate surface area is 132 Å². The highest BCUT2D eigenvalue weighted by Gasteiger charge is 2.38. The number of hydrogen-bond acceptors (Lipinski definition) is 3. The van der Waals surface area contributed by atoms with E-state index < -0.39 is 0 Å². The van der Waals surface area contributed by atoms with Crippen molar-refractivity contribution in [2.45, 2.75) is 71.3 Å². The molecule has 3 heteroatoms. The summed E-state index contributed by atoms with van der Waals surface area (Å²) in [5.74, 6) is 0. The molecule has 1 atom stereocenters. The van der Waals surface area contributed by atoms with Crippen molar-refractivity contribution >= 4 is 0 Å². The van der Waals surface area contributed by atoms with E-state index in [1.54, 1.807) is 0 Å². The van der Waals surface area contributed by atoms with Gasteiger partial charge in [0.15, 0.2) is 0 Å². The van der Waals surface area contributed by atoms with Gasteiger partial charge in [0.2, 0.25) is 0 Å². The van der Waals surface area contributed by atoms with Crippen LogP contribution in [0.25, 0.3) is 0 Å². The molecule has 0 saturated carbocycles. The van der Waals surface area contributed by atoms with Crippen molar-refractivity contribution in [2.75, 3.05) is 39.3 Å². The van der Waals surface area contributed by atoms with Crippen LogP contribution in [0.15, 0.2) is 0 Å². The van der Waals surface area contributed by atoms with Crippen LogP contribution >= 0.6 is 0 Å². The van der Waals surface area contributed by atoms with Crippen molar-refractivity contribution < 1.29 is 0 Å². The zero-order valence-electron chi connectivity index (χ0n) is 14.7. The molecule has 0 aromatic heterocycles. The van der Waals surface area contributed by atoms with Crippen molar-refractivity contribution in [3.63, 3.8) is 0 Å². The number of nitrogens with two attached hydrogens (primary N) is 1. The monoisotopic (exact) mass is 295 g/mol. The molecule has 0 radical (unpaired) electrons. The third-order valence-electron chi connectivity index (χ3n) is 5.94. The Hall–Kier alpha value is -0.120. The smallest absolute Gasteiger partial charge is 0.0344 e. The van der Waals surface area contributed by atoms with E-state index in [9.17, 15) is 0 Å². The lowest BCUT2D eigenvalue weighted by atomic mass is 9.85. The molecule has 2 aliphatic rings. The molecule has 0 amide bonds. The first-order chi connectivity index (χ1) is 10.0. The van der Waals surface area contributed by atoms with Gasteiger partial charge in [0.1, 0.15) is 0 Å². The molecule has 0 bridgehead atoms. The fourth-order valence-corrected chi connectivity index (χ4v) is 4.32. The molecule has 0 spiro atoms. The summed E-state index contributed by atoms with van der Waals surface area (Å²) in [5.41, 5.74) is 7.11. The fourth-order valence-electron chi connectivity index (χ4n) is 4.32. The Kier molecular flexibility index (Phi) is 6.10. The molecule has 2 N–H and O–H groups in total. The minimum absolute atomic E-state index is 0.281. The van der Waals surface area contributed by atoms with Crippen LogP contribution in [-0.2, 0) is 0 Å². The van der Waals surface area contributed by atoms with Crippen LogP contribution in [0, 0.1) is 5.41 Å². The van der Waals surface area contributed by atoms with Crippen LogP contribution in [-0.4, -0.2) is 54.6 Å². The fraction of sp³-hybridized carbons (Fsp3) is 1.00. The Balaban J connectivity index is 2.03. The number of nitrogens with zero attached hydrogens (tertiary/aromatic N) is 2. The van der Waals surface area contributed by atoms with Gasteiger partial charge in [-0.3, -0.25) is 4.90 Å². The molecular weight excluding hydrogens is 258 g/mol. The van der Waals surface area contributed by atoms with Gasteiger partial charge in [-0.2, -0.15) is 0 Å². The second kappa shape index (κ2) is 7.43. The van der Waals surface area contributed by atoms with Crippen molar-refractivity contribution in [3.8, 4) is 0 Å². The molecule has 0 aliphatic carbocycles. The average molecular weight is 296 g/mol. The summed E-state index contributed by atoms with van der Waals surface area (Å²) in [5, 5.41) is 0. The lowest BCUT2D eigenvalue weighted by Gasteiger charge is -2.43. The second-order valence-electron chi connectivity index (χ2n) is 8.13. The maximum Gasteiger partial charge on any atom is 0.0344 e. The van der Waals surface area contributed by atoms with Gasteiger partial charge in [-0.1, -0.05) is 20.8 Å². The van der Waals surface area contributed by atoms with Crippen molar-refractivity contribution in [2.24, 2.45) is 11.1 Å². The minimum Gasteiger partial charge on any atom is -0.329 e. The highest BCUT2D eigenvalue weighted by atomic mass is 15.2. The van der Waals surface area contributed by atoms with Crippen LogP contribution in [0.3, 0.4) is 0 Å². The quantitative estimate of drug-likeness (QED) is 0.865. The van der Waals surface area contributed by atoms with E-state index in [1.165, 1.54) is 77.7 Å². The molecule has 3 nitrogen and oxygen atoms in total. The Morgan fingerprint density at radius 2 is 1.67 bits per heavy atom. The van der Waals surface area contributed by atoms with Gasteiger partial charge in [-0.15, -0.1) is 0 Å². The van der Waals surface area contributed by atoms with Crippen molar-refractivity contribution in [1.82, 2.24) is 9.80 Å². The summed E-state index contributed by atoms with van der Waals surface area (Å²) in [7, 11) is 0. The van der Waals surface area contributed by atoms with Gasteiger partial charge in [0.05, 0.1) is 0 Å². The summed E-state index contributed by atoms with van der Waals surface area (Å²) < 4.78 is 0. The summed E-state index contributed by atoms with van der Waals surface area (Å²) >= 11 is 0. The van der Waals surface area contributed by atoms with Crippen molar-refractivity contribution in [1.29, 1.82) is 0 Å². The van der Waals surface area contributed by atoms with Crippen LogP contribution < -0.4 is 5.73 Å². The Morgan fingerprint density at radius 1 is 0.905 bits per heavy atom. The predicted octanol–water partition coefficient (Wildman–Crippen LogP) is 3.09. The van der Waals surface area contributed by atoms with E-state index in [0.717, 1.165) is 6.54 Å². The van der Waals surface area contributed by atoms with E-state index >= 15 is 0 Å². The molecule has 0 aromatic rings. The number of rotatable bonds is 4. The maximum absolute atomic E-state index is 6.32. The van der Waals surface area contributed by atoms with Gasteiger partial charge in [-0.05, 0) is 83.1 Å². The SMILES string of the molecule is CCCN1CCCC(CN)(N2CCCC(C)(C)CC2)CC1. The molecule has 0 aromatic carbocycles. The van der Waals surface area contributed by atoms with E-state index in [-0.39, 0.29) is 5.54 Å². The molecule has 21 heavy (non-hydrogen) atoms. The number of likely N-dealkylation sites (tertiary alicyclic amines) is 2. The minimum atomic E-state index is 0.281. The van der Waals surface area contributed by atoms with Gasteiger partial charge >= 0.3 is 0 Å². The maximum atomic E-state index is 6.32. The Bertz CT molecular complexity index is 316. The van der Waals surface area contributed by atoms with Crippen LogP contribution in [0.2, 0.25) is 0 Å². The standard InChI is InChI=1S/C18H37N3/c1-4-11-20-12-6-8-18(16-19,10-14-20)21-13-5-7-17(2,3)9-15-21/h4-16,19H2,1-3H3. The zero-order chi connectivity index (χ0) is 15.3.